The first-order chi connectivity index (χ1) is 17.7. The third-order valence-corrected chi connectivity index (χ3v) is 5.76. The fourth-order valence-corrected chi connectivity index (χ4v) is 3.81. The summed E-state index contributed by atoms with van der Waals surface area (Å²) in [7, 11) is 4.33. The molecule has 12 heteroatoms. The Labute approximate surface area is 211 Å². The number of aromatic nitrogens is 4. The summed E-state index contributed by atoms with van der Waals surface area (Å²) in [4.78, 5) is 29.9. The Bertz CT molecular complexity index is 1590. The number of nitrogens with zero attached hydrogens (tertiary/aromatic N) is 5. The molecule has 37 heavy (non-hydrogen) atoms. The number of imidazole rings is 1. The van der Waals surface area contributed by atoms with E-state index in [1.54, 1.807) is 18.2 Å². The molecule has 3 N–H and O–H groups in total. The lowest BCUT2D eigenvalue weighted by Gasteiger charge is -2.15. The number of phenols is 1. The Balaban J connectivity index is 1.65. The van der Waals surface area contributed by atoms with Crippen LogP contribution in [-0.2, 0) is 20.6 Å². The van der Waals surface area contributed by atoms with Crippen molar-refractivity contribution in [1.29, 1.82) is 0 Å². The highest BCUT2D eigenvalue weighted by Gasteiger charge is 2.21. The third-order valence-electron chi connectivity index (χ3n) is 5.76. The molecular weight excluding hydrogens is 480 g/mol. The standard InChI is InChI=1S/C25H28N6O6/c1-15-6-5-7-18(10-15)37-14-17(32)13-31-21-22(29(2)25(35)30(3)23(21)34)27-24(31)28-26-12-16-8-9-19(33)20(11-16)36-4/h5-12,17,32-33H,13-14H2,1-4H3,(H,27,28)/b26-12+. The van der Waals surface area contributed by atoms with Gasteiger partial charge in [-0.3, -0.25) is 13.9 Å². The van der Waals surface area contributed by atoms with Gasteiger partial charge in [0.05, 0.1) is 19.9 Å². The first-order valence-corrected chi connectivity index (χ1v) is 11.4. The van der Waals surface area contributed by atoms with Gasteiger partial charge >= 0.3 is 5.69 Å². The molecule has 2 aromatic carbocycles. The van der Waals surface area contributed by atoms with Crippen LogP contribution < -0.4 is 26.1 Å². The maximum absolute atomic E-state index is 13.0. The third kappa shape index (κ3) is 5.33. The molecule has 12 nitrogen and oxygen atoms in total. The molecule has 2 heterocycles. The minimum atomic E-state index is -1.01. The normalized spacial score (nSPS) is 12.2. The van der Waals surface area contributed by atoms with E-state index in [1.165, 1.54) is 42.6 Å². The number of benzene rings is 2. The van der Waals surface area contributed by atoms with Crippen LogP contribution in [-0.4, -0.2) is 54.9 Å². The predicted molar refractivity (Wildman–Crippen MR) is 139 cm³/mol. The van der Waals surface area contributed by atoms with Crippen LogP contribution in [0.2, 0.25) is 0 Å². The van der Waals surface area contributed by atoms with E-state index in [0.717, 1.165) is 10.1 Å². The lowest BCUT2D eigenvalue weighted by atomic mass is 10.2. The summed E-state index contributed by atoms with van der Waals surface area (Å²) >= 11 is 0. The topological polar surface area (TPSA) is 145 Å². The van der Waals surface area contributed by atoms with Crippen molar-refractivity contribution in [2.75, 3.05) is 19.1 Å². The van der Waals surface area contributed by atoms with Crippen molar-refractivity contribution in [3.05, 3.63) is 74.4 Å². The number of aryl methyl sites for hydroxylation is 2. The van der Waals surface area contributed by atoms with Gasteiger partial charge in [-0.15, -0.1) is 0 Å². The number of fused-ring (bicyclic) bond motifs is 1. The van der Waals surface area contributed by atoms with E-state index < -0.39 is 17.4 Å². The number of aliphatic hydroxyl groups is 1. The molecule has 4 rings (SSSR count). The summed E-state index contributed by atoms with van der Waals surface area (Å²) in [5.41, 5.74) is 3.61. The van der Waals surface area contributed by atoms with Gasteiger partial charge in [0.2, 0.25) is 5.95 Å². The molecular formula is C25H28N6O6. The van der Waals surface area contributed by atoms with Gasteiger partial charge in [-0.1, -0.05) is 12.1 Å². The highest BCUT2D eigenvalue weighted by atomic mass is 16.5. The Morgan fingerprint density at radius 3 is 2.68 bits per heavy atom. The first kappa shape index (κ1) is 25.5. The number of hydrogen-bond donors (Lipinski definition) is 3. The summed E-state index contributed by atoms with van der Waals surface area (Å²) in [6.45, 7) is 1.85. The SMILES string of the molecule is COc1cc(/C=N/Nc2nc3c(c(=O)n(C)c(=O)n3C)n2CC(O)COc2cccc(C)c2)ccc1O. The maximum atomic E-state index is 13.0. The number of aliphatic hydroxyl groups excluding tert-OH is 1. The van der Waals surface area contributed by atoms with Gasteiger partial charge in [0, 0.05) is 14.1 Å². The zero-order valence-corrected chi connectivity index (χ0v) is 20.9. The summed E-state index contributed by atoms with van der Waals surface area (Å²) in [6.07, 6.45) is 0.464. The number of hydrogen-bond acceptors (Lipinski definition) is 9. The van der Waals surface area contributed by atoms with E-state index in [1.807, 2.05) is 25.1 Å². The van der Waals surface area contributed by atoms with Gasteiger partial charge in [0.25, 0.3) is 5.56 Å². The van der Waals surface area contributed by atoms with E-state index in [9.17, 15) is 19.8 Å². The Hall–Kier alpha value is -4.58. The molecule has 1 unspecified atom stereocenters. The first-order valence-electron chi connectivity index (χ1n) is 11.4. The van der Waals surface area contributed by atoms with E-state index in [-0.39, 0.29) is 41.8 Å². The quantitative estimate of drug-likeness (QED) is 0.227. The van der Waals surface area contributed by atoms with Gasteiger partial charge < -0.3 is 24.3 Å². The van der Waals surface area contributed by atoms with Crippen molar-refractivity contribution < 1.29 is 19.7 Å². The van der Waals surface area contributed by atoms with Gasteiger partial charge in [-0.05, 0) is 48.4 Å². The summed E-state index contributed by atoms with van der Waals surface area (Å²) in [5, 5.41) is 24.7. The van der Waals surface area contributed by atoms with Crippen LogP contribution in [0.15, 0.2) is 57.2 Å². The van der Waals surface area contributed by atoms with Crippen LogP contribution in [0.1, 0.15) is 11.1 Å². The largest absolute Gasteiger partial charge is 0.504 e. The minimum absolute atomic E-state index is 0.00645. The summed E-state index contributed by atoms with van der Waals surface area (Å²) < 4.78 is 14.5. The number of methoxy groups -OCH3 is 1. The van der Waals surface area contributed by atoms with Gasteiger partial charge in [-0.2, -0.15) is 10.1 Å². The fraction of sp³-hybridized carbons (Fsp3) is 0.280. The van der Waals surface area contributed by atoms with Gasteiger partial charge in [-0.25, -0.2) is 10.2 Å². The van der Waals surface area contributed by atoms with Crippen LogP contribution in [0.5, 0.6) is 17.2 Å². The lowest BCUT2D eigenvalue weighted by Crippen LogP contribution is -2.38. The predicted octanol–water partition coefficient (Wildman–Crippen LogP) is 1.34. The Morgan fingerprint density at radius 2 is 1.95 bits per heavy atom. The molecule has 0 saturated heterocycles. The second kappa shape index (κ2) is 10.6. The number of ether oxygens (including phenoxy) is 2. The minimum Gasteiger partial charge on any atom is -0.504 e. The maximum Gasteiger partial charge on any atom is 0.332 e. The number of nitrogens with one attached hydrogen (secondary N) is 1. The van der Waals surface area contributed by atoms with E-state index in [2.05, 4.69) is 15.5 Å². The fourth-order valence-electron chi connectivity index (χ4n) is 3.81. The summed E-state index contributed by atoms with van der Waals surface area (Å²) in [6, 6.07) is 12.1. The van der Waals surface area contributed by atoms with Crippen LogP contribution in [0.3, 0.4) is 0 Å². The van der Waals surface area contributed by atoms with Crippen molar-refractivity contribution in [3.63, 3.8) is 0 Å². The average molecular weight is 509 g/mol. The van der Waals surface area contributed by atoms with Crippen molar-refractivity contribution in [2.45, 2.75) is 19.6 Å². The van der Waals surface area contributed by atoms with Gasteiger partial charge in [0.15, 0.2) is 22.7 Å². The zero-order valence-electron chi connectivity index (χ0n) is 20.9. The van der Waals surface area contributed by atoms with Gasteiger partial charge in [0.1, 0.15) is 18.5 Å². The molecule has 0 aliphatic heterocycles. The van der Waals surface area contributed by atoms with Crippen LogP contribution in [0, 0.1) is 6.92 Å². The number of phenolic OH excluding ortho intramolecular Hbond substituents is 1. The molecule has 0 radical (unpaired) electrons. The smallest absolute Gasteiger partial charge is 0.332 e. The van der Waals surface area contributed by atoms with Crippen molar-refractivity contribution in [2.24, 2.45) is 19.2 Å². The zero-order chi connectivity index (χ0) is 26.7. The van der Waals surface area contributed by atoms with Crippen LogP contribution in [0.4, 0.5) is 5.95 Å². The molecule has 0 bridgehead atoms. The van der Waals surface area contributed by atoms with Crippen molar-refractivity contribution in [3.8, 4) is 17.2 Å². The molecule has 1 atom stereocenters. The molecule has 2 aromatic heterocycles. The van der Waals surface area contributed by atoms with E-state index in [4.69, 9.17) is 9.47 Å². The van der Waals surface area contributed by atoms with E-state index in [0.29, 0.717) is 11.3 Å². The summed E-state index contributed by atoms with van der Waals surface area (Å²) in [5.74, 6) is 1.03. The lowest BCUT2D eigenvalue weighted by molar-refractivity contribution is 0.0938. The van der Waals surface area contributed by atoms with E-state index >= 15 is 0 Å². The Morgan fingerprint density at radius 1 is 1.16 bits per heavy atom. The molecule has 4 aromatic rings. The van der Waals surface area contributed by atoms with Crippen LogP contribution >= 0.6 is 0 Å². The van der Waals surface area contributed by atoms with Crippen molar-refractivity contribution >= 4 is 23.3 Å². The highest BCUT2D eigenvalue weighted by Crippen LogP contribution is 2.25. The molecule has 0 spiro atoms. The monoisotopic (exact) mass is 508 g/mol. The number of aromatic hydroxyl groups is 1. The number of rotatable bonds is 9. The second-order valence-corrected chi connectivity index (χ2v) is 8.51. The second-order valence-electron chi connectivity index (χ2n) is 8.51. The van der Waals surface area contributed by atoms with Crippen molar-refractivity contribution in [1.82, 2.24) is 18.7 Å². The molecule has 0 saturated carbocycles. The average Bonchev–Trinajstić information content (AvgIpc) is 3.24. The number of anilines is 1. The molecule has 0 amide bonds. The molecule has 0 aliphatic rings. The molecule has 194 valence electrons. The highest BCUT2D eigenvalue weighted by molar-refractivity contribution is 5.81. The molecule has 0 aliphatic carbocycles. The molecule has 0 fully saturated rings. The Kier molecular flexibility index (Phi) is 7.30. The number of hydrazone groups is 1. The van der Waals surface area contributed by atoms with Crippen LogP contribution in [0.25, 0.3) is 11.2 Å².